The number of hydrogen-bond acceptors (Lipinski definition) is 11. The number of allylic oxidation sites excluding steroid dienone is 1. The first-order valence-electron chi connectivity index (χ1n) is 13.8. The zero-order valence-corrected chi connectivity index (χ0v) is 23.4. The SMILES string of the molecule is C/C=C/C(=O)N1CCC(C(=O)NCCCC(=O)N2CCN(c3nc(N)nc(-c4cnc(N)nc4C(F)F)n3)CC2)CC1. The van der Waals surface area contributed by atoms with Gasteiger partial charge < -0.3 is 31.5 Å². The number of rotatable bonds is 9. The highest BCUT2D eigenvalue weighted by molar-refractivity contribution is 5.88. The second-order valence-electron chi connectivity index (χ2n) is 10.0. The van der Waals surface area contributed by atoms with Gasteiger partial charge in [0.05, 0.1) is 5.56 Å². The van der Waals surface area contributed by atoms with Crippen LogP contribution in [-0.4, -0.2) is 98.3 Å². The Hall–Kier alpha value is -4.50. The van der Waals surface area contributed by atoms with Crippen LogP contribution >= 0.6 is 0 Å². The highest BCUT2D eigenvalue weighted by atomic mass is 19.3. The van der Waals surface area contributed by atoms with E-state index in [1.54, 1.807) is 27.7 Å². The number of halogens is 2. The number of nitrogens with two attached hydrogens (primary N) is 2. The minimum atomic E-state index is -2.92. The molecule has 3 amide bonds. The number of piperazine rings is 1. The summed E-state index contributed by atoms with van der Waals surface area (Å²) in [6.07, 6.45) is 3.47. The fraction of sp³-hybridized carbons (Fsp3) is 0.538. The average Bonchev–Trinajstić information content (AvgIpc) is 2.99. The molecule has 2 aliphatic heterocycles. The van der Waals surface area contributed by atoms with Crippen molar-refractivity contribution in [2.75, 3.05) is 62.2 Å². The van der Waals surface area contributed by atoms with E-state index in [4.69, 9.17) is 11.5 Å². The largest absolute Gasteiger partial charge is 0.368 e. The van der Waals surface area contributed by atoms with Crippen molar-refractivity contribution in [2.45, 2.75) is 39.0 Å². The van der Waals surface area contributed by atoms with Crippen LogP contribution < -0.4 is 21.7 Å². The van der Waals surface area contributed by atoms with Crippen LogP contribution in [0.2, 0.25) is 0 Å². The molecule has 2 aromatic rings. The number of alkyl halides is 2. The Morgan fingerprint density at radius 3 is 2.38 bits per heavy atom. The predicted octanol–water partition coefficient (Wildman–Crippen LogP) is 0.790. The first kappa shape index (κ1) is 30.5. The van der Waals surface area contributed by atoms with Crippen LogP contribution in [0.4, 0.5) is 26.6 Å². The van der Waals surface area contributed by atoms with Gasteiger partial charge in [-0.25, -0.2) is 18.7 Å². The number of piperidine rings is 1. The van der Waals surface area contributed by atoms with Gasteiger partial charge in [-0.15, -0.1) is 0 Å². The summed E-state index contributed by atoms with van der Waals surface area (Å²) in [5.74, 6) is -0.595. The third kappa shape index (κ3) is 7.61. The monoisotopic (exact) mass is 587 g/mol. The molecule has 0 spiro atoms. The Kier molecular flexibility index (Phi) is 10.1. The van der Waals surface area contributed by atoms with Gasteiger partial charge in [0.15, 0.2) is 5.82 Å². The first-order chi connectivity index (χ1) is 20.2. The van der Waals surface area contributed by atoms with Crippen molar-refractivity contribution in [2.24, 2.45) is 5.92 Å². The highest BCUT2D eigenvalue weighted by Crippen LogP contribution is 2.29. The zero-order chi connectivity index (χ0) is 30.2. The molecule has 42 heavy (non-hydrogen) atoms. The minimum Gasteiger partial charge on any atom is -0.368 e. The number of anilines is 3. The summed E-state index contributed by atoms with van der Waals surface area (Å²) in [5.41, 5.74) is 10.6. The molecule has 0 aromatic carbocycles. The quantitative estimate of drug-likeness (QED) is 0.278. The van der Waals surface area contributed by atoms with Gasteiger partial charge in [0, 0.05) is 64.3 Å². The standard InChI is InChI=1S/C26H35F2N11O3/c1-2-4-18(40)37-9-6-16(7-10-37)23(42)31-8-3-5-19(41)38-11-13-39(14-12-38)26-35-22(34-25(30)36-26)17-15-32-24(29)33-20(17)21(27)28/h2,4,15-16,21H,3,5-14H2,1H3,(H,31,42)(H2,29,32,33)(H2,30,34,35,36)/b4-2+. The van der Waals surface area contributed by atoms with Crippen LogP contribution in [0.5, 0.6) is 0 Å². The molecule has 0 atom stereocenters. The molecule has 0 aliphatic carbocycles. The molecule has 2 saturated heterocycles. The lowest BCUT2D eigenvalue weighted by Gasteiger charge is -2.35. The van der Waals surface area contributed by atoms with Crippen molar-refractivity contribution in [3.05, 3.63) is 24.0 Å². The van der Waals surface area contributed by atoms with Gasteiger partial charge in [0.2, 0.25) is 35.6 Å². The number of amides is 3. The molecule has 226 valence electrons. The molecule has 16 heteroatoms. The average molecular weight is 588 g/mol. The van der Waals surface area contributed by atoms with Crippen molar-refractivity contribution in [1.82, 2.24) is 40.0 Å². The second-order valence-corrected chi connectivity index (χ2v) is 10.0. The van der Waals surface area contributed by atoms with Gasteiger partial charge >= 0.3 is 0 Å². The number of hydrogen-bond donors (Lipinski definition) is 3. The summed E-state index contributed by atoms with van der Waals surface area (Å²) in [5, 5.41) is 2.91. The third-order valence-corrected chi connectivity index (χ3v) is 7.19. The van der Waals surface area contributed by atoms with Crippen LogP contribution in [-0.2, 0) is 14.4 Å². The van der Waals surface area contributed by atoms with E-state index in [9.17, 15) is 23.2 Å². The fourth-order valence-corrected chi connectivity index (χ4v) is 4.91. The van der Waals surface area contributed by atoms with Crippen molar-refractivity contribution < 1.29 is 23.2 Å². The van der Waals surface area contributed by atoms with Crippen molar-refractivity contribution in [3.63, 3.8) is 0 Å². The molecule has 4 rings (SSSR count). The molecule has 0 unspecified atom stereocenters. The van der Waals surface area contributed by atoms with E-state index in [0.29, 0.717) is 65.1 Å². The maximum Gasteiger partial charge on any atom is 0.281 e. The van der Waals surface area contributed by atoms with E-state index >= 15 is 0 Å². The Morgan fingerprint density at radius 2 is 1.71 bits per heavy atom. The van der Waals surface area contributed by atoms with Crippen molar-refractivity contribution >= 4 is 35.6 Å². The number of nitrogen functional groups attached to an aromatic ring is 2. The van der Waals surface area contributed by atoms with E-state index in [1.807, 2.05) is 0 Å². The molecule has 14 nitrogen and oxygen atoms in total. The Bertz CT molecular complexity index is 1310. The van der Waals surface area contributed by atoms with Gasteiger partial charge in [0.1, 0.15) is 5.69 Å². The van der Waals surface area contributed by atoms with Gasteiger partial charge in [0.25, 0.3) is 6.43 Å². The topological polar surface area (TPSA) is 189 Å². The van der Waals surface area contributed by atoms with Crippen molar-refractivity contribution in [3.8, 4) is 11.4 Å². The zero-order valence-electron chi connectivity index (χ0n) is 23.4. The smallest absolute Gasteiger partial charge is 0.281 e. The minimum absolute atomic E-state index is 0.0313. The molecule has 2 aliphatic rings. The number of carbonyl (C=O) groups excluding carboxylic acids is 3. The summed E-state index contributed by atoms with van der Waals surface area (Å²) < 4.78 is 27.1. The predicted molar refractivity (Wildman–Crippen MR) is 150 cm³/mol. The lowest BCUT2D eigenvalue weighted by atomic mass is 9.96. The van der Waals surface area contributed by atoms with E-state index in [1.165, 1.54) is 6.08 Å². The molecule has 0 radical (unpaired) electrons. The molecule has 0 bridgehead atoms. The van der Waals surface area contributed by atoms with E-state index in [2.05, 4.69) is 30.2 Å². The number of carbonyl (C=O) groups is 3. The van der Waals surface area contributed by atoms with Gasteiger partial charge in [-0.3, -0.25) is 14.4 Å². The Labute approximate surface area is 241 Å². The maximum absolute atomic E-state index is 13.5. The maximum atomic E-state index is 13.5. The summed E-state index contributed by atoms with van der Waals surface area (Å²) in [4.78, 5) is 62.3. The van der Waals surface area contributed by atoms with Gasteiger partial charge in [-0.1, -0.05) is 6.08 Å². The summed E-state index contributed by atoms with van der Waals surface area (Å²) in [6, 6.07) is 0. The summed E-state index contributed by atoms with van der Waals surface area (Å²) in [7, 11) is 0. The number of likely N-dealkylation sites (tertiary alicyclic amines) is 1. The van der Waals surface area contributed by atoms with E-state index in [-0.39, 0.29) is 59.3 Å². The summed E-state index contributed by atoms with van der Waals surface area (Å²) in [6.45, 7) is 4.91. The summed E-state index contributed by atoms with van der Waals surface area (Å²) >= 11 is 0. The van der Waals surface area contributed by atoms with E-state index in [0.717, 1.165) is 6.20 Å². The second kappa shape index (κ2) is 13.9. The lowest BCUT2D eigenvalue weighted by Crippen LogP contribution is -2.49. The number of aromatic nitrogens is 5. The number of nitrogens with one attached hydrogen (secondary N) is 1. The lowest BCUT2D eigenvalue weighted by molar-refractivity contribution is -0.132. The molecule has 5 N–H and O–H groups in total. The van der Waals surface area contributed by atoms with Crippen LogP contribution in [0.15, 0.2) is 18.3 Å². The van der Waals surface area contributed by atoms with Gasteiger partial charge in [-0.05, 0) is 32.3 Å². The molecular formula is C26H35F2N11O3. The Morgan fingerprint density at radius 1 is 1.00 bits per heavy atom. The third-order valence-electron chi connectivity index (χ3n) is 7.19. The fourth-order valence-electron chi connectivity index (χ4n) is 4.91. The highest BCUT2D eigenvalue weighted by Gasteiger charge is 2.27. The van der Waals surface area contributed by atoms with Gasteiger partial charge in [-0.2, -0.15) is 15.0 Å². The Balaban J connectivity index is 1.22. The molecule has 0 saturated carbocycles. The number of nitrogens with zero attached hydrogens (tertiary/aromatic N) is 8. The molecule has 4 heterocycles. The van der Waals surface area contributed by atoms with Crippen LogP contribution in [0, 0.1) is 5.92 Å². The molecular weight excluding hydrogens is 552 g/mol. The van der Waals surface area contributed by atoms with Crippen LogP contribution in [0.3, 0.4) is 0 Å². The first-order valence-corrected chi connectivity index (χ1v) is 13.8. The molecule has 2 aromatic heterocycles. The molecule has 2 fully saturated rings. The van der Waals surface area contributed by atoms with Crippen LogP contribution in [0.25, 0.3) is 11.4 Å². The van der Waals surface area contributed by atoms with E-state index < -0.39 is 12.1 Å². The van der Waals surface area contributed by atoms with Crippen LogP contribution in [0.1, 0.15) is 44.7 Å². The normalized spacial score (nSPS) is 16.3. The van der Waals surface area contributed by atoms with Crippen molar-refractivity contribution in [1.29, 1.82) is 0 Å².